The number of ether oxygens (including phenoxy) is 2. The van der Waals surface area contributed by atoms with Crippen molar-refractivity contribution < 1.29 is 34.4 Å². The van der Waals surface area contributed by atoms with Crippen LogP contribution in [0.25, 0.3) is 0 Å². The number of aliphatic imine (C=N–C) groups is 1. The van der Waals surface area contributed by atoms with Crippen LogP contribution in [0.4, 0.5) is 0 Å². The van der Waals surface area contributed by atoms with Crippen molar-refractivity contribution in [3.8, 4) is 0 Å². The predicted octanol–water partition coefficient (Wildman–Crippen LogP) is -2.31. The quantitative estimate of drug-likeness (QED) is 0.0844. The Hall–Kier alpha value is -2.05. The average Bonchev–Trinajstić information content (AvgIpc) is 3.05. The SMILES string of the molecule is CN=C(N)/C(=C\N(C=O)C1CC(O)C(CO)O1)C(=O)NCCOC(C)(C)CO. The Morgan fingerprint density at radius 3 is 2.64 bits per heavy atom. The molecule has 1 rings (SSSR count). The van der Waals surface area contributed by atoms with Gasteiger partial charge in [0.25, 0.3) is 5.91 Å². The Morgan fingerprint density at radius 1 is 1.46 bits per heavy atom. The Kier molecular flexibility index (Phi) is 9.49. The molecule has 1 fully saturated rings. The molecular weight excluding hydrogens is 372 g/mol. The van der Waals surface area contributed by atoms with Gasteiger partial charge in [-0.1, -0.05) is 0 Å². The van der Waals surface area contributed by atoms with Gasteiger partial charge >= 0.3 is 0 Å². The number of nitrogens with one attached hydrogen (secondary N) is 1. The van der Waals surface area contributed by atoms with Crippen molar-refractivity contribution in [1.82, 2.24) is 10.2 Å². The minimum atomic E-state index is -0.938. The summed E-state index contributed by atoms with van der Waals surface area (Å²) in [6, 6.07) is 0. The van der Waals surface area contributed by atoms with Crippen LogP contribution >= 0.6 is 0 Å². The third kappa shape index (κ3) is 6.84. The number of hydrogen-bond donors (Lipinski definition) is 5. The molecule has 160 valence electrons. The summed E-state index contributed by atoms with van der Waals surface area (Å²) in [7, 11) is 1.40. The highest BCUT2D eigenvalue weighted by atomic mass is 16.5. The molecule has 0 bridgehead atoms. The number of aliphatic hydroxyl groups excluding tert-OH is 3. The van der Waals surface area contributed by atoms with Gasteiger partial charge < -0.3 is 35.8 Å². The predicted molar refractivity (Wildman–Crippen MR) is 100 cm³/mol. The normalized spacial score (nSPS) is 23.6. The van der Waals surface area contributed by atoms with Crippen molar-refractivity contribution >= 4 is 18.2 Å². The monoisotopic (exact) mass is 402 g/mol. The fraction of sp³-hybridized carbons (Fsp3) is 0.706. The molecule has 1 aliphatic heterocycles. The molecule has 28 heavy (non-hydrogen) atoms. The highest BCUT2D eigenvalue weighted by Gasteiger charge is 2.36. The molecule has 0 aliphatic carbocycles. The zero-order valence-corrected chi connectivity index (χ0v) is 16.4. The van der Waals surface area contributed by atoms with E-state index in [2.05, 4.69) is 10.3 Å². The van der Waals surface area contributed by atoms with Gasteiger partial charge in [0.2, 0.25) is 6.41 Å². The van der Waals surface area contributed by atoms with E-state index in [1.165, 1.54) is 13.2 Å². The van der Waals surface area contributed by atoms with E-state index in [4.69, 9.17) is 25.4 Å². The first-order chi connectivity index (χ1) is 13.2. The Morgan fingerprint density at radius 2 is 2.14 bits per heavy atom. The molecule has 2 amide bonds. The van der Waals surface area contributed by atoms with E-state index < -0.39 is 36.6 Å². The van der Waals surface area contributed by atoms with Crippen LogP contribution in [-0.2, 0) is 19.1 Å². The van der Waals surface area contributed by atoms with Crippen molar-refractivity contribution in [2.24, 2.45) is 10.7 Å². The maximum absolute atomic E-state index is 12.5. The second kappa shape index (κ2) is 11.1. The summed E-state index contributed by atoms with van der Waals surface area (Å²) >= 11 is 0. The lowest BCUT2D eigenvalue weighted by molar-refractivity contribution is -0.128. The smallest absolute Gasteiger partial charge is 0.256 e. The summed E-state index contributed by atoms with van der Waals surface area (Å²) in [6.07, 6.45) is -0.927. The maximum Gasteiger partial charge on any atom is 0.256 e. The van der Waals surface area contributed by atoms with Gasteiger partial charge in [-0.15, -0.1) is 0 Å². The number of nitrogens with two attached hydrogens (primary N) is 1. The molecule has 0 saturated carbocycles. The van der Waals surface area contributed by atoms with Crippen molar-refractivity contribution in [1.29, 1.82) is 0 Å². The third-order valence-electron chi connectivity index (χ3n) is 4.14. The topological polar surface area (TPSA) is 167 Å². The van der Waals surface area contributed by atoms with Crippen LogP contribution in [0.3, 0.4) is 0 Å². The molecule has 1 aliphatic rings. The molecule has 6 N–H and O–H groups in total. The first kappa shape index (κ1) is 24.0. The van der Waals surface area contributed by atoms with Gasteiger partial charge in [0.1, 0.15) is 18.2 Å². The summed E-state index contributed by atoms with van der Waals surface area (Å²) in [6.45, 7) is 3.15. The van der Waals surface area contributed by atoms with Gasteiger partial charge in [0.05, 0.1) is 37.1 Å². The van der Waals surface area contributed by atoms with E-state index in [0.717, 1.165) is 4.90 Å². The minimum Gasteiger partial charge on any atom is -0.394 e. The van der Waals surface area contributed by atoms with Crippen molar-refractivity contribution in [3.63, 3.8) is 0 Å². The lowest BCUT2D eigenvalue weighted by Crippen LogP contribution is -2.38. The zero-order valence-electron chi connectivity index (χ0n) is 16.4. The molecule has 0 aromatic rings. The summed E-state index contributed by atoms with van der Waals surface area (Å²) in [5.74, 6) is -0.684. The lowest BCUT2D eigenvalue weighted by atomic mass is 10.1. The fourth-order valence-corrected chi connectivity index (χ4v) is 2.39. The maximum atomic E-state index is 12.5. The van der Waals surface area contributed by atoms with Crippen molar-refractivity contribution in [2.45, 2.75) is 44.3 Å². The Balaban J connectivity index is 2.82. The second-order valence-corrected chi connectivity index (χ2v) is 6.84. The Labute approximate surface area is 163 Å². The lowest BCUT2D eigenvalue weighted by Gasteiger charge is -2.23. The molecule has 0 aromatic heterocycles. The van der Waals surface area contributed by atoms with E-state index in [9.17, 15) is 14.7 Å². The zero-order chi connectivity index (χ0) is 21.3. The van der Waals surface area contributed by atoms with Crippen LogP contribution in [0.1, 0.15) is 20.3 Å². The highest BCUT2D eigenvalue weighted by Crippen LogP contribution is 2.23. The molecule has 11 nitrogen and oxygen atoms in total. The van der Waals surface area contributed by atoms with E-state index in [1.807, 2.05) is 0 Å². The number of amidine groups is 1. The number of carbonyl (C=O) groups is 2. The number of rotatable bonds is 11. The average molecular weight is 402 g/mol. The first-order valence-electron chi connectivity index (χ1n) is 8.83. The fourth-order valence-electron chi connectivity index (χ4n) is 2.39. The van der Waals surface area contributed by atoms with Crippen LogP contribution in [0, 0.1) is 0 Å². The van der Waals surface area contributed by atoms with E-state index in [0.29, 0.717) is 6.41 Å². The van der Waals surface area contributed by atoms with E-state index in [1.54, 1.807) is 13.8 Å². The standard InChI is InChI=1S/C17H30N4O7/c1-17(2,9-23)27-5-4-20-16(26)11(15(18)19-3)7-21(10-24)14-6-12(25)13(8-22)28-14/h7,10,12-14,22-23,25H,4-6,8-9H2,1-3H3,(H2,18,19)(H,20,26)/b11-7+. The van der Waals surface area contributed by atoms with Gasteiger partial charge in [-0.05, 0) is 13.8 Å². The molecule has 3 atom stereocenters. The number of nitrogens with zero attached hydrogens (tertiary/aromatic N) is 2. The summed E-state index contributed by atoms with van der Waals surface area (Å²) < 4.78 is 10.8. The molecule has 3 unspecified atom stereocenters. The van der Waals surface area contributed by atoms with Crippen LogP contribution in [0.2, 0.25) is 0 Å². The van der Waals surface area contributed by atoms with Crippen molar-refractivity contribution in [3.05, 3.63) is 11.8 Å². The van der Waals surface area contributed by atoms with Crippen LogP contribution in [0.15, 0.2) is 16.8 Å². The van der Waals surface area contributed by atoms with Crippen LogP contribution < -0.4 is 11.1 Å². The van der Waals surface area contributed by atoms with Gasteiger partial charge in [0.15, 0.2) is 0 Å². The first-order valence-corrected chi connectivity index (χ1v) is 8.83. The van der Waals surface area contributed by atoms with Gasteiger partial charge in [-0.3, -0.25) is 19.5 Å². The molecular formula is C17H30N4O7. The summed E-state index contributed by atoms with van der Waals surface area (Å²) in [5.41, 5.74) is 4.98. The summed E-state index contributed by atoms with van der Waals surface area (Å²) in [5, 5.41) is 30.7. The van der Waals surface area contributed by atoms with E-state index >= 15 is 0 Å². The molecule has 1 heterocycles. The Bertz CT molecular complexity index is 594. The van der Waals surface area contributed by atoms with Gasteiger partial charge in [-0.2, -0.15) is 0 Å². The molecule has 0 radical (unpaired) electrons. The minimum absolute atomic E-state index is 0.0680. The van der Waals surface area contributed by atoms with Crippen LogP contribution in [0.5, 0.6) is 0 Å². The molecule has 1 saturated heterocycles. The van der Waals surface area contributed by atoms with E-state index in [-0.39, 0.29) is 37.6 Å². The summed E-state index contributed by atoms with van der Waals surface area (Å²) in [4.78, 5) is 28.8. The number of aliphatic hydroxyl groups is 3. The van der Waals surface area contributed by atoms with Gasteiger partial charge in [-0.25, -0.2) is 0 Å². The molecule has 11 heteroatoms. The van der Waals surface area contributed by atoms with Crippen LogP contribution in [-0.4, -0.2) is 95.8 Å². The number of carbonyl (C=O) groups excluding carboxylic acids is 2. The van der Waals surface area contributed by atoms with Crippen molar-refractivity contribution in [2.75, 3.05) is 33.4 Å². The second-order valence-electron chi connectivity index (χ2n) is 6.84. The highest BCUT2D eigenvalue weighted by molar-refractivity contribution is 6.20. The van der Waals surface area contributed by atoms with Gasteiger partial charge in [0, 0.05) is 26.2 Å². The molecule has 0 spiro atoms. The molecule has 0 aromatic carbocycles. The largest absolute Gasteiger partial charge is 0.394 e. The number of amides is 2. The number of hydrogen-bond acceptors (Lipinski definition) is 8. The third-order valence-corrected chi connectivity index (χ3v) is 4.14.